The van der Waals surface area contributed by atoms with Crippen molar-refractivity contribution in [1.29, 1.82) is 0 Å². The predicted octanol–water partition coefficient (Wildman–Crippen LogP) is 1.02. The highest BCUT2D eigenvalue weighted by Gasteiger charge is 2.30. The standard InChI is InChI=1S/C26H34N4O5S2/c1-37-13-12-19(27)23(31)30-22(16-36)25(33)28-20(14-17-8-4-2-5-9-17)24(32)29-21(26(34)35)15-18-10-6-3-7-11-18/h2-11,19-22,36H,12-16,27H2,1H3,(H,28,33)(H,29,32)(H,30,31)(H,34,35). The van der Waals surface area contributed by atoms with Crippen LogP contribution in [0.5, 0.6) is 0 Å². The normalized spacial score (nSPS) is 14.0. The Morgan fingerprint density at radius 2 is 1.27 bits per heavy atom. The van der Waals surface area contributed by atoms with Crippen molar-refractivity contribution in [1.82, 2.24) is 16.0 Å². The third kappa shape index (κ3) is 10.5. The van der Waals surface area contributed by atoms with E-state index in [1.165, 1.54) is 0 Å². The Morgan fingerprint density at radius 3 is 1.76 bits per heavy atom. The summed E-state index contributed by atoms with van der Waals surface area (Å²) < 4.78 is 0. The maximum absolute atomic E-state index is 13.2. The number of benzene rings is 2. The molecule has 9 nitrogen and oxygen atoms in total. The molecule has 0 bridgehead atoms. The molecule has 2 aromatic carbocycles. The van der Waals surface area contributed by atoms with Gasteiger partial charge in [-0.25, -0.2) is 4.79 Å². The predicted molar refractivity (Wildman–Crippen MR) is 149 cm³/mol. The lowest BCUT2D eigenvalue weighted by molar-refractivity contribution is -0.142. The lowest BCUT2D eigenvalue weighted by Gasteiger charge is -2.25. The number of nitrogens with two attached hydrogens (primary N) is 1. The number of hydrogen-bond donors (Lipinski definition) is 6. The van der Waals surface area contributed by atoms with E-state index in [2.05, 4.69) is 28.6 Å². The maximum atomic E-state index is 13.2. The number of amides is 3. The fraction of sp³-hybridized carbons (Fsp3) is 0.385. The van der Waals surface area contributed by atoms with E-state index < -0.39 is 47.9 Å². The third-order valence-corrected chi connectivity index (χ3v) is 6.61. The van der Waals surface area contributed by atoms with Crippen molar-refractivity contribution in [3.63, 3.8) is 0 Å². The number of carbonyl (C=O) groups excluding carboxylic acids is 3. The molecular formula is C26H34N4O5S2. The molecule has 2 aromatic rings. The van der Waals surface area contributed by atoms with Crippen LogP contribution in [0.25, 0.3) is 0 Å². The van der Waals surface area contributed by atoms with Crippen molar-refractivity contribution in [2.75, 3.05) is 17.8 Å². The van der Waals surface area contributed by atoms with Crippen molar-refractivity contribution in [2.45, 2.75) is 43.4 Å². The molecule has 11 heteroatoms. The van der Waals surface area contributed by atoms with Gasteiger partial charge in [0.25, 0.3) is 0 Å². The Kier molecular flexibility index (Phi) is 13.0. The van der Waals surface area contributed by atoms with Gasteiger partial charge in [-0.05, 0) is 29.6 Å². The van der Waals surface area contributed by atoms with Gasteiger partial charge in [0.15, 0.2) is 0 Å². The average molecular weight is 547 g/mol. The molecule has 0 aromatic heterocycles. The first-order valence-electron chi connectivity index (χ1n) is 11.8. The highest BCUT2D eigenvalue weighted by Crippen LogP contribution is 2.08. The molecule has 0 aliphatic carbocycles. The van der Waals surface area contributed by atoms with Crippen LogP contribution in [0.15, 0.2) is 60.7 Å². The first-order valence-corrected chi connectivity index (χ1v) is 13.8. The first-order chi connectivity index (χ1) is 17.7. The van der Waals surface area contributed by atoms with E-state index in [0.717, 1.165) is 11.1 Å². The number of carbonyl (C=O) groups is 4. The summed E-state index contributed by atoms with van der Waals surface area (Å²) in [6, 6.07) is 13.9. The van der Waals surface area contributed by atoms with Crippen molar-refractivity contribution >= 4 is 48.1 Å². The minimum Gasteiger partial charge on any atom is -0.480 e. The number of hydrogen-bond acceptors (Lipinski definition) is 7. The SMILES string of the molecule is CSCCC(N)C(=O)NC(CS)C(=O)NC(Cc1ccccc1)C(=O)NC(Cc1ccccc1)C(=O)O. The molecule has 4 atom stereocenters. The van der Waals surface area contributed by atoms with Crippen LogP contribution in [0, 0.1) is 0 Å². The fourth-order valence-electron chi connectivity index (χ4n) is 3.50. The van der Waals surface area contributed by atoms with Crippen LogP contribution in [-0.4, -0.2) is 70.7 Å². The smallest absolute Gasteiger partial charge is 0.326 e. The van der Waals surface area contributed by atoms with Crippen LogP contribution >= 0.6 is 24.4 Å². The lowest BCUT2D eigenvalue weighted by atomic mass is 10.0. The van der Waals surface area contributed by atoms with Gasteiger partial charge in [-0.15, -0.1) is 0 Å². The maximum Gasteiger partial charge on any atom is 0.326 e. The zero-order chi connectivity index (χ0) is 27.2. The van der Waals surface area contributed by atoms with Gasteiger partial charge in [-0.3, -0.25) is 14.4 Å². The molecule has 0 aliphatic heterocycles. The van der Waals surface area contributed by atoms with Gasteiger partial charge in [0.1, 0.15) is 18.1 Å². The van der Waals surface area contributed by atoms with Crippen LogP contribution < -0.4 is 21.7 Å². The summed E-state index contributed by atoms with van der Waals surface area (Å²) in [6.45, 7) is 0. The van der Waals surface area contributed by atoms with E-state index in [1.807, 2.05) is 18.4 Å². The van der Waals surface area contributed by atoms with Gasteiger partial charge in [-0.2, -0.15) is 24.4 Å². The highest BCUT2D eigenvalue weighted by atomic mass is 32.2. The minimum atomic E-state index is -1.19. The van der Waals surface area contributed by atoms with E-state index in [-0.39, 0.29) is 18.6 Å². The van der Waals surface area contributed by atoms with E-state index in [9.17, 15) is 24.3 Å². The zero-order valence-corrected chi connectivity index (χ0v) is 22.3. The molecule has 0 spiro atoms. The lowest BCUT2D eigenvalue weighted by Crippen LogP contribution is -2.58. The molecule has 0 saturated carbocycles. The summed E-state index contributed by atoms with van der Waals surface area (Å²) in [6.07, 6.45) is 2.56. The summed E-state index contributed by atoms with van der Waals surface area (Å²) in [5.74, 6) is -2.27. The van der Waals surface area contributed by atoms with Crippen LogP contribution in [0.4, 0.5) is 0 Å². The second-order valence-electron chi connectivity index (χ2n) is 8.47. The third-order valence-electron chi connectivity index (χ3n) is 5.60. The Morgan fingerprint density at radius 1 is 0.811 bits per heavy atom. The number of rotatable bonds is 15. The number of aliphatic carboxylic acids is 1. The van der Waals surface area contributed by atoms with Gasteiger partial charge in [-0.1, -0.05) is 60.7 Å². The van der Waals surface area contributed by atoms with Crippen molar-refractivity contribution < 1.29 is 24.3 Å². The Bertz CT molecular complexity index is 1030. The van der Waals surface area contributed by atoms with Crippen LogP contribution in [0.1, 0.15) is 17.5 Å². The topological polar surface area (TPSA) is 151 Å². The molecule has 0 fully saturated rings. The van der Waals surface area contributed by atoms with Crippen LogP contribution in [-0.2, 0) is 32.0 Å². The molecule has 2 rings (SSSR count). The Hall–Kier alpha value is -3.02. The van der Waals surface area contributed by atoms with Gasteiger partial charge in [0.05, 0.1) is 6.04 Å². The zero-order valence-electron chi connectivity index (χ0n) is 20.6. The second-order valence-corrected chi connectivity index (χ2v) is 9.82. The van der Waals surface area contributed by atoms with Crippen molar-refractivity contribution in [3.05, 3.63) is 71.8 Å². The van der Waals surface area contributed by atoms with Crippen molar-refractivity contribution in [2.24, 2.45) is 5.73 Å². The van der Waals surface area contributed by atoms with Gasteiger partial charge < -0.3 is 26.8 Å². The van der Waals surface area contributed by atoms with E-state index in [4.69, 9.17) is 5.73 Å². The summed E-state index contributed by atoms with van der Waals surface area (Å²) >= 11 is 5.74. The largest absolute Gasteiger partial charge is 0.480 e. The summed E-state index contributed by atoms with van der Waals surface area (Å²) in [7, 11) is 0. The number of carboxylic acids is 1. The minimum absolute atomic E-state index is 0.0156. The molecule has 3 amide bonds. The molecule has 37 heavy (non-hydrogen) atoms. The number of nitrogens with one attached hydrogen (secondary N) is 3. The number of carboxylic acid groups (broad SMARTS) is 1. The second kappa shape index (κ2) is 16.0. The molecule has 0 aliphatic rings. The molecule has 4 unspecified atom stereocenters. The van der Waals surface area contributed by atoms with E-state index in [1.54, 1.807) is 60.3 Å². The molecular weight excluding hydrogens is 512 g/mol. The van der Waals surface area contributed by atoms with Gasteiger partial charge in [0.2, 0.25) is 17.7 Å². The van der Waals surface area contributed by atoms with Crippen molar-refractivity contribution in [3.8, 4) is 0 Å². The molecule has 0 saturated heterocycles. The first kappa shape index (κ1) is 30.2. The van der Waals surface area contributed by atoms with E-state index >= 15 is 0 Å². The highest BCUT2D eigenvalue weighted by molar-refractivity contribution is 7.98. The average Bonchev–Trinajstić information content (AvgIpc) is 2.90. The Labute approximate surface area is 226 Å². The van der Waals surface area contributed by atoms with Crippen LogP contribution in [0.3, 0.4) is 0 Å². The van der Waals surface area contributed by atoms with Crippen LogP contribution in [0.2, 0.25) is 0 Å². The molecule has 0 heterocycles. The summed E-state index contributed by atoms with van der Waals surface area (Å²) in [5.41, 5.74) is 7.41. The summed E-state index contributed by atoms with van der Waals surface area (Å²) in [5, 5.41) is 17.5. The molecule has 0 radical (unpaired) electrons. The van der Waals surface area contributed by atoms with Gasteiger partial charge in [0, 0.05) is 18.6 Å². The van der Waals surface area contributed by atoms with Gasteiger partial charge >= 0.3 is 5.97 Å². The summed E-state index contributed by atoms with van der Waals surface area (Å²) in [4.78, 5) is 50.6. The van der Waals surface area contributed by atoms with E-state index in [0.29, 0.717) is 12.2 Å². The quantitative estimate of drug-likeness (QED) is 0.183. The number of thioether (sulfide) groups is 1. The molecule has 200 valence electrons. The number of thiol groups is 1. The fourth-order valence-corrected chi connectivity index (χ4v) is 4.25. The Balaban J connectivity index is 2.16. The molecule has 6 N–H and O–H groups in total. The monoisotopic (exact) mass is 546 g/mol.